The molecule has 0 saturated carbocycles. The maximum atomic E-state index is 12.2. The summed E-state index contributed by atoms with van der Waals surface area (Å²) >= 11 is 0. The SMILES string of the molecule is Cc1ccc(NS(=O)(=O)c2cnc(NN)nc2)c(C)n1. The van der Waals surface area contributed by atoms with E-state index in [1.165, 1.54) is 12.4 Å². The van der Waals surface area contributed by atoms with Gasteiger partial charge in [-0.3, -0.25) is 15.1 Å². The van der Waals surface area contributed by atoms with Crippen molar-refractivity contribution in [2.45, 2.75) is 18.7 Å². The minimum absolute atomic E-state index is 0.0588. The van der Waals surface area contributed by atoms with Crippen LogP contribution in [0, 0.1) is 13.8 Å². The first-order valence-corrected chi connectivity index (χ1v) is 7.16. The van der Waals surface area contributed by atoms with Crippen molar-refractivity contribution >= 4 is 21.7 Å². The monoisotopic (exact) mass is 294 g/mol. The third-order valence-corrected chi connectivity index (χ3v) is 3.86. The molecule has 0 aliphatic rings. The Morgan fingerprint density at radius 3 is 2.35 bits per heavy atom. The van der Waals surface area contributed by atoms with Gasteiger partial charge in [0, 0.05) is 5.69 Å². The van der Waals surface area contributed by atoms with Crippen LogP contribution >= 0.6 is 0 Å². The lowest BCUT2D eigenvalue weighted by Gasteiger charge is -2.10. The summed E-state index contributed by atoms with van der Waals surface area (Å²) in [6.45, 7) is 3.56. The third kappa shape index (κ3) is 3.00. The first kappa shape index (κ1) is 14.2. The number of nitrogens with two attached hydrogens (primary N) is 1. The Balaban J connectivity index is 2.30. The minimum atomic E-state index is -3.76. The van der Waals surface area contributed by atoms with Crippen LogP contribution in [0.4, 0.5) is 11.6 Å². The van der Waals surface area contributed by atoms with Crippen molar-refractivity contribution in [2.24, 2.45) is 5.84 Å². The van der Waals surface area contributed by atoms with Crippen LogP contribution in [0.25, 0.3) is 0 Å². The van der Waals surface area contributed by atoms with Crippen molar-refractivity contribution in [3.8, 4) is 0 Å². The van der Waals surface area contributed by atoms with Crippen LogP contribution in [0.15, 0.2) is 29.4 Å². The van der Waals surface area contributed by atoms with E-state index >= 15 is 0 Å². The van der Waals surface area contributed by atoms with Crippen LogP contribution in [0.5, 0.6) is 0 Å². The lowest BCUT2D eigenvalue weighted by Crippen LogP contribution is -2.16. The largest absolute Gasteiger partial charge is 0.292 e. The molecule has 2 aromatic heterocycles. The lowest BCUT2D eigenvalue weighted by molar-refractivity contribution is 0.600. The Hall–Kier alpha value is -2.26. The summed E-state index contributed by atoms with van der Waals surface area (Å²) in [5.74, 6) is 5.25. The van der Waals surface area contributed by atoms with Crippen LogP contribution in [-0.4, -0.2) is 23.4 Å². The molecular formula is C11H14N6O2S. The second kappa shape index (κ2) is 5.39. The molecule has 4 N–H and O–H groups in total. The summed E-state index contributed by atoms with van der Waals surface area (Å²) in [5, 5.41) is 0. The van der Waals surface area contributed by atoms with E-state index in [1.807, 2.05) is 6.92 Å². The number of hydrogen-bond acceptors (Lipinski definition) is 7. The molecular weight excluding hydrogens is 280 g/mol. The van der Waals surface area contributed by atoms with Gasteiger partial charge in [0.1, 0.15) is 4.90 Å². The number of rotatable bonds is 4. The number of pyridine rings is 1. The fraction of sp³-hybridized carbons (Fsp3) is 0.182. The standard InChI is InChI=1S/C11H14N6O2S/c1-7-3-4-10(8(2)15-7)17-20(18,19)9-5-13-11(16-12)14-6-9/h3-6,17H,12H2,1-2H3,(H,13,14,16). The van der Waals surface area contributed by atoms with Crippen LogP contribution in [0.2, 0.25) is 0 Å². The molecule has 0 atom stereocenters. The van der Waals surface area contributed by atoms with Crippen molar-refractivity contribution in [2.75, 3.05) is 10.1 Å². The van der Waals surface area contributed by atoms with Crippen LogP contribution in [-0.2, 0) is 10.0 Å². The van der Waals surface area contributed by atoms with Gasteiger partial charge in [0.15, 0.2) is 0 Å². The first-order valence-electron chi connectivity index (χ1n) is 5.68. The molecule has 2 aromatic rings. The average Bonchev–Trinajstić information content (AvgIpc) is 2.42. The Morgan fingerprint density at radius 2 is 1.80 bits per heavy atom. The van der Waals surface area contributed by atoms with Gasteiger partial charge in [-0.05, 0) is 26.0 Å². The summed E-state index contributed by atoms with van der Waals surface area (Å²) in [6, 6.07) is 3.38. The highest BCUT2D eigenvalue weighted by Crippen LogP contribution is 2.18. The van der Waals surface area contributed by atoms with Gasteiger partial charge in [0.05, 0.1) is 23.8 Å². The second-order valence-corrected chi connectivity index (χ2v) is 5.76. The third-order valence-electron chi connectivity index (χ3n) is 2.54. The Morgan fingerprint density at radius 1 is 1.15 bits per heavy atom. The molecule has 2 rings (SSSR count). The molecule has 0 aromatic carbocycles. The quantitative estimate of drug-likeness (QED) is 0.556. The highest BCUT2D eigenvalue weighted by atomic mass is 32.2. The van der Waals surface area contributed by atoms with Gasteiger partial charge in [-0.15, -0.1) is 0 Å². The second-order valence-electron chi connectivity index (χ2n) is 4.08. The van der Waals surface area contributed by atoms with Crippen molar-refractivity contribution in [3.05, 3.63) is 35.9 Å². The van der Waals surface area contributed by atoms with Crippen molar-refractivity contribution in [1.29, 1.82) is 0 Å². The first-order chi connectivity index (χ1) is 9.42. The smallest absolute Gasteiger partial charge is 0.265 e. The zero-order valence-corrected chi connectivity index (χ0v) is 11.8. The van der Waals surface area contributed by atoms with Gasteiger partial charge >= 0.3 is 0 Å². The van der Waals surface area contributed by atoms with Crippen LogP contribution < -0.4 is 16.0 Å². The molecule has 8 nitrogen and oxygen atoms in total. The number of hydrogen-bond donors (Lipinski definition) is 3. The number of anilines is 2. The molecule has 0 radical (unpaired) electrons. The molecule has 20 heavy (non-hydrogen) atoms. The number of nitrogens with zero attached hydrogens (tertiary/aromatic N) is 3. The summed E-state index contributed by atoms with van der Waals surface area (Å²) in [7, 11) is -3.76. The van der Waals surface area contributed by atoms with Crippen molar-refractivity contribution in [3.63, 3.8) is 0 Å². The molecule has 0 aliphatic carbocycles. The van der Waals surface area contributed by atoms with E-state index < -0.39 is 10.0 Å². The van der Waals surface area contributed by atoms with Gasteiger partial charge in [0.25, 0.3) is 10.0 Å². The van der Waals surface area contributed by atoms with Gasteiger partial charge in [0.2, 0.25) is 5.95 Å². The molecule has 0 spiro atoms. The van der Waals surface area contributed by atoms with E-state index in [2.05, 4.69) is 25.1 Å². The topological polar surface area (TPSA) is 123 Å². The van der Waals surface area contributed by atoms with Crippen molar-refractivity contribution < 1.29 is 8.42 Å². The minimum Gasteiger partial charge on any atom is -0.292 e. The lowest BCUT2D eigenvalue weighted by atomic mass is 10.3. The highest BCUT2D eigenvalue weighted by Gasteiger charge is 2.16. The molecule has 0 amide bonds. The fourth-order valence-corrected chi connectivity index (χ4v) is 2.53. The van der Waals surface area contributed by atoms with E-state index in [0.29, 0.717) is 11.4 Å². The molecule has 0 saturated heterocycles. The zero-order chi connectivity index (χ0) is 14.8. The van der Waals surface area contributed by atoms with Crippen LogP contribution in [0.3, 0.4) is 0 Å². The summed E-state index contributed by atoms with van der Waals surface area (Å²) < 4.78 is 26.8. The van der Waals surface area contributed by atoms with Crippen LogP contribution in [0.1, 0.15) is 11.4 Å². The number of nitrogens with one attached hydrogen (secondary N) is 2. The van der Waals surface area contributed by atoms with Gasteiger partial charge in [-0.2, -0.15) is 0 Å². The summed E-state index contributed by atoms with van der Waals surface area (Å²) in [4.78, 5) is 11.7. The number of aryl methyl sites for hydroxylation is 2. The Bertz CT molecular complexity index is 714. The van der Waals surface area contributed by atoms with Gasteiger partial charge in [-0.1, -0.05) is 0 Å². The number of aromatic nitrogens is 3. The average molecular weight is 294 g/mol. The van der Waals surface area contributed by atoms with E-state index in [4.69, 9.17) is 5.84 Å². The van der Waals surface area contributed by atoms with E-state index in [1.54, 1.807) is 19.1 Å². The normalized spacial score (nSPS) is 11.2. The molecule has 9 heteroatoms. The van der Waals surface area contributed by atoms with Gasteiger partial charge < -0.3 is 0 Å². The van der Waals surface area contributed by atoms with Crippen molar-refractivity contribution in [1.82, 2.24) is 15.0 Å². The molecule has 0 unspecified atom stereocenters. The van der Waals surface area contributed by atoms with E-state index in [-0.39, 0.29) is 10.8 Å². The summed E-state index contributed by atoms with van der Waals surface area (Å²) in [5.41, 5.74) is 4.04. The van der Waals surface area contributed by atoms with E-state index in [9.17, 15) is 8.42 Å². The highest BCUT2D eigenvalue weighted by molar-refractivity contribution is 7.92. The number of sulfonamides is 1. The zero-order valence-electron chi connectivity index (χ0n) is 11.0. The fourth-order valence-electron chi connectivity index (χ4n) is 1.53. The number of hydrazine groups is 1. The van der Waals surface area contributed by atoms with E-state index in [0.717, 1.165) is 5.69 Å². The maximum Gasteiger partial charge on any atom is 0.265 e. The maximum absolute atomic E-state index is 12.2. The molecule has 0 bridgehead atoms. The number of nitrogen functional groups attached to an aromatic ring is 1. The molecule has 106 valence electrons. The summed E-state index contributed by atoms with van der Waals surface area (Å²) in [6.07, 6.45) is 2.34. The predicted molar refractivity (Wildman–Crippen MR) is 74.4 cm³/mol. The Labute approximate surface area is 116 Å². The Kier molecular flexibility index (Phi) is 3.81. The van der Waals surface area contributed by atoms with Gasteiger partial charge in [-0.25, -0.2) is 24.2 Å². The molecule has 0 fully saturated rings. The molecule has 2 heterocycles. The molecule has 0 aliphatic heterocycles. The predicted octanol–water partition coefficient (Wildman–Crippen LogP) is 0.575.